The Hall–Kier alpha value is 1.65. The van der Waals surface area contributed by atoms with E-state index in [1.807, 2.05) is 0 Å². The van der Waals surface area contributed by atoms with E-state index in [2.05, 4.69) is 40.9 Å². The Bertz CT molecular complexity index is 231. The van der Waals surface area contributed by atoms with E-state index >= 15 is 0 Å². The van der Waals surface area contributed by atoms with E-state index in [9.17, 15) is 9.46 Å². The van der Waals surface area contributed by atoms with Gasteiger partial charge < -0.3 is 4.89 Å². The highest BCUT2D eigenvalue weighted by atomic mass is 79.9. The first-order chi connectivity index (χ1) is 6.78. The predicted molar refractivity (Wildman–Crippen MR) is 68.3 cm³/mol. The first-order valence-corrected chi connectivity index (χ1v) is 8.33. The number of hydrogen-bond donors (Lipinski definition) is 1. The third-order valence-electron chi connectivity index (χ3n) is 1.18. The minimum Gasteiger partial charge on any atom is -0.302 e. The molecule has 0 aromatic carbocycles. The normalized spacial score (nSPS) is 21.7. The first kappa shape index (κ1) is 16.6. The molecule has 0 fully saturated rings. The maximum Gasteiger partial charge on any atom is 0.473 e. The highest BCUT2D eigenvalue weighted by Gasteiger charge is 2.28. The van der Waals surface area contributed by atoms with Gasteiger partial charge in [0.1, 0.15) is 0 Å². The Kier molecular flexibility index (Phi) is 8.74. The molecule has 0 aromatic rings. The number of hydrogen-bond acceptors (Lipinski definition) is 3. The minimum atomic E-state index is -4.14. The van der Waals surface area contributed by atoms with Crippen LogP contribution in [0.3, 0.4) is 0 Å². The Morgan fingerprint density at radius 2 is 2.07 bits per heavy atom. The van der Waals surface area contributed by atoms with E-state index in [1.165, 1.54) is 0 Å². The van der Waals surface area contributed by atoms with Crippen molar-refractivity contribution >= 4 is 62.9 Å². The van der Waals surface area contributed by atoms with E-state index in [-0.39, 0.29) is 11.4 Å². The lowest BCUT2D eigenvalue weighted by molar-refractivity contribution is 0.138. The van der Waals surface area contributed by atoms with Gasteiger partial charge in [-0.25, -0.2) is 4.57 Å². The number of phosphoric ester groups is 1. The molecule has 4 nitrogen and oxygen atoms in total. The molecule has 0 bridgehead atoms. The highest BCUT2D eigenvalue weighted by molar-refractivity contribution is 9.12. The van der Waals surface area contributed by atoms with Gasteiger partial charge in [-0.1, -0.05) is 43.5 Å². The zero-order valence-corrected chi connectivity index (χ0v) is 13.4. The maximum absolute atomic E-state index is 11.3. The summed E-state index contributed by atoms with van der Waals surface area (Å²) >= 11 is 17.5. The summed E-state index contributed by atoms with van der Waals surface area (Å²) in [6.45, 7) is 1.57. The summed E-state index contributed by atoms with van der Waals surface area (Å²) in [4.78, 5) is 9.13. The molecule has 1 N–H and O–H groups in total. The van der Waals surface area contributed by atoms with Crippen LogP contribution in [0.15, 0.2) is 0 Å². The van der Waals surface area contributed by atoms with Crippen LogP contribution in [0.5, 0.6) is 0 Å². The fourth-order valence-corrected chi connectivity index (χ4v) is 2.28. The Labute approximate surface area is 115 Å². The fraction of sp³-hybridized carbons (Fsp3) is 1.00. The summed E-state index contributed by atoms with van der Waals surface area (Å²) in [5.74, 6) is 0. The van der Waals surface area contributed by atoms with Crippen LogP contribution in [-0.2, 0) is 13.6 Å². The molecule has 9 heteroatoms. The molecule has 4 unspecified atom stereocenters. The van der Waals surface area contributed by atoms with Gasteiger partial charge in [-0.3, -0.25) is 9.05 Å². The highest BCUT2D eigenvalue weighted by Crippen LogP contribution is 2.46. The van der Waals surface area contributed by atoms with Gasteiger partial charge in [-0.2, -0.15) is 0 Å². The van der Waals surface area contributed by atoms with E-state index in [1.54, 1.807) is 6.92 Å². The summed E-state index contributed by atoms with van der Waals surface area (Å²) in [7, 11) is -4.14. The van der Waals surface area contributed by atoms with Crippen LogP contribution in [0.1, 0.15) is 6.92 Å². The van der Waals surface area contributed by atoms with Crippen molar-refractivity contribution in [2.75, 3.05) is 11.9 Å². The van der Waals surface area contributed by atoms with Gasteiger partial charge in [0.15, 0.2) is 5.56 Å². The summed E-state index contributed by atoms with van der Waals surface area (Å²) < 4.78 is 20.5. The van der Waals surface area contributed by atoms with Crippen molar-refractivity contribution in [3.05, 3.63) is 0 Å². The monoisotopic (exact) mass is 406 g/mol. The molecule has 0 aliphatic rings. The lowest BCUT2D eigenvalue weighted by Crippen LogP contribution is -2.16. The molecular weight excluding hydrogens is 398 g/mol. The van der Waals surface area contributed by atoms with Gasteiger partial charge in [0.25, 0.3) is 0 Å². The third-order valence-corrected chi connectivity index (χ3v) is 5.34. The van der Waals surface area contributed by atoms with E-state index in [0.29, 0.717) is 5.33 Å². The Morgan fingerprint density at radius 1 is 1.53 bits per heavy atom. The first-order valence-electron chi connectivity index (χ1n) is 3.92. The maximum atomic E-state index is 11.3. The molecule has 0 aromatic heterocycles. The molecule has 15 heavy (non-hydrogen) atoms. The average molecular weight is 409 g/mol. The second kappa shape index (κ2) is 7.88. The van der Waals surface area contributed by atoms with E-state index in [0.717, 1.165) is 0 Å². The van der Waals surface area contributed by atoms with Crippen LogP contribution < -0.4 is 0 Å². The Balaban J connectivity index is 4.02. The molecule has 0 heterocycles. The van der Waals surface area contributed by atoms with Gasteiger partial charge in [0.05, 0.1) is 12.0 Å². The molecule has 0 rings (SSSR count). The average Bonchev–Trinajstić information content (AvgIpc) is 2.13. The van der Waals surface area contributed by atoms with Crippen LogP contribution in [0.25, 0.3) is 0 Å². The molecule has 0 radical (unpaired) electrons. The number of halogens is 4. The lowest BCUT2D eigenvalue weighted by atomic mass is 10.5. The van der Waals surface area contributed by atoms with Crippen LogP contribution in [0, 0.1) is 0 Å². The van der Waals surface area contributed by atoms with Crippen LogP contribution >= 0.6 is 62.9 Å². The van der Waals surface area contributed by atoms with Crippen molar-refractivity contribution in [3.8, 4) is 0 Å². The number of rotatable bonds is 7. The van der Waals surface area contributed by atoms with Crippen molar-refractivity contribution < 1.29 is 18.5 Å². The fourth-order valence-electron chi connectivity index (χ4n) is 0.461. The molecule has 4 atom stereocenters. The van der Waals surface area contributed by atoms with Crippen molar-refractivity contribution in [3.63, 3.8) is 0 Å². The molecule has 0 aliphatic heterocycles. The predicted octanol–water partition coefficient (Wildman–Crippen LogP) is 3.47. The van der Waals surface area contributed by atoms with Crippen LogP contribution in [-0.4, -0.2) is 32.6 Å². The molecule has 0 aliphatic carbocycles. The van der Waals surface area contributed by atoms with Gasteiger partial charge in [0.2, 0.25) is 0 Å². The molecule has 0 saturated carbocycles. The standard InChI is InChI=1S/C6H11Br2Cl2O4P/c1-4(9)6(10)14-15(11,12)13-3-5(8)2-7/h4-6H,2-3H2,1H3,(H,11,12). The summed E-state index contributed by atoms with van der Waals surface area (Å²) in [5, 5.41) is -0.00451. The summed E-state index contributed by atoms with van der Waals surface area (Å²) in [6, 6.07) is 0. The number of alkyl halides is 4. The molecule has 0 amide bonds. The topological polar surface area (TPSA) is 55.8 Å². The van der Waals surface area contributed by atoms with Gasteiger partial charge in [-0.05, 0) is 6.92 Å². The van der Waals surface area contributed by atoms with Crippen molar-refractivity contribution in [2.45, 2.75) is 22.7 Å². The second-order valence-electron chi connectivity index (χ2n) is 2.65. The molecule has 0 spiro atoms. The lowest BCUT2D eigenvalue weighted by Gasteiger charge is -2.18. The molecule has 92 valence electrons. The smallest absolute Gasteiger partial charge is 0.302 e. The van der Waals surface area contributed by atoms with Crippen molar-refractivity contribution in [1.29, 1.82) is 0 Å². The third kappa shape index (κ3) is 8.38. The zero-order valence-electron chi connectivity index (χ0n) is 7.78. The zero-order chi connectivity index (χ0) is 12.1. The van der Waals surface area contributed by atoms with Gasteiger partial charge in [0, 0.05) is 10.2 Å². The second-order valence-corrected chi connectivity index (χ2v) is 7.12. The number of phosphoric acid groups is 1. The summed E-state index contributed by atoms with van der Waals surface area (Å²) in [6.07, 6.45) is 0. The minimum absolute atomic E-state index is 0.0271. The van der Waals surface area contributed by atoms with Crippen LogP contribution in [0.2, 0.25) is 0 Å². The van der Waals surface area contributed by atoms with Crippen molar-refractivity contribution in [1.82, 2.24) is 0 Å². The quantitative estimate of drug-likeness (QED) is 0.517. The van der Waals surface area contributed by atoms with Gasteiger partial charge >= 0.3 is 7.82 Å². The molecule has 0 saturated heterocycles. The SMILES string of the molecule is CC(Cl)C(Cl)OP(=O)(O)OCC(Br)CBr. The summed E-state index contributed by atoms with van der Waals surface area (Å²) in [5.41, 5.74) is -1.07. The molecular formula is C6H11Br2Cl2O4P. The van der Waals surface area contributed by atoms with E-state index in [4.69, 9.17) is 23.2 Å². The van der Waals surface area contributed by atoms with Crippen molar-refractivity contribution in [2.24, 2.45) is 0 Å². The van der Waals surface area contributed by atoms with Crippen LogP contribution in [0.4, 0.5) is 0 Å². The van der Waals surface area contributed by atoms with Gasteiger partial charge in [-0.15, -0.1) is 11.6 Å². The van der Waals surface area contributed by atoms with E-state index < -0.39 is 18.8 Å². The Morgan fingerprint density at radius 3 is 2.47 bits per heavy atom. The largest absolute Gasteiger partial charge is 0.473 e.